The third kappa shape index (κ3) is 3.92. The first-order chi connectivity index (χ1) is 13.2. The van der Waals surface area contributed by atoms with E-state index in [4.69, 9.17) is 0 Å². The summed E-state index contributed by atoms with van der Waals surface area (Å²) in [6.07, 6.45) is 5.77. The number of carbonyl (C=O) groups is 2. The summed E-state index contributed by atoms with van der Waals surface area (Å²) >= 11 is 0. The minimum Gasteiger partial charge on any atom is -0.342 e. The van der Waals surface area contributed by atoms with Crippen LogP contribution in [0.4, 0.5) is 0 Å². The lowest BCUT2D eigenvalue weighted by Gasteiger charge is -2.33. The summed E-state index contributed by atoms with van der Waals surface area (Å²) in [7, 11) is 0. The SMILES string of the molecule is O=C(c1cccn1Cc1ccccc1)N1CCC(C(=O)N2CCCC2)CC1. The summed E-state index contributed by atoms with van der Waals surface area (Å²) < 4.78 is 2.01. The van der Waals surface area contributed by atoms with Crippen LogP contribution in [0.1, 0.15) is 41.7 Å². The normalized spacial score (nSPS) is 18.1. The molecule has 142 valence electrons. The van der Waals surface area contributed by atoms with E-state index < -0.39 is 0 Å². The Morgan fingerprint density at radius 3 is 2.26 bits per heavy atom. The molecule has 3 heterocycles. The van der Waals surface area contributed by atoms with Crippen molar-refractivity contribution in [2.75, 3.05) is 26.2 Å². The maximum Gasteiger partial charge on any atom is 0.270 e. The Labute approximate surface area is 160 Å². The molecule has 2 fully saturated rings. The summed E-state index contributed by atoms with van der Waals surface area (Å²) in [4.78, 5) is 29.5. The molecule has 0 saturated carbocycles. The highest BCUT2D eigenvalue weighted by Gasteiger charge is 2.32. The van der Waals surface area contributed by atoms with Crippen LogP contribution in [-0.4, -0.2) is 52.4 Å². The summed E-state index contributed by atoms with van der Waals surface area (Å²) in [5.74, 6) is 0.457. The van der Waals surface area contributed by atoms with Gasteiger partial charge in [0.25, 0.3) is 5.91 Å². The first-order valence-electron chi connectivity index (χ1n) is 9.99. The molecule has 0 bridgehead atoms. The maximum absolute atomic E-state index is 13.0. The van der Waals surface area contributed by atoms with Gasteiger partial charge < -0.3 is 14.4 Å². The zero-order chi connectivity index (χ0) is 18.6. The molecule has 0 spiro atoms. The van der Waals surface area contributed by atoms with Gasteiger partial charge in [-0.3, -0.25) is 9.59 Å². The van der Waals surface area contributed by atoms with Crippen LogP contribution in [0.5, 0.6) is 0 Å². The molecule has 0 unspecified atom stereocenters. The van der Waals surface area contributed by atoms with Crippen molar-refractivity contribution in [3.63, 3.8) is 0 Å². The number of rotatable bonds is 4. The summed E-state index contributed by atoms with van der Waals surface area (Å²) in [5.41, 5.74) is 1.90. The molecule has 27 heavy (non-hydrogen) atoms. The van der Waals surface area contributed by atoms with Crippen molar-refractivity contribution in [3.8, 4) is 0 Å². The lowest BCUT2D eigenvalue weighted by atomic mass is 9.95. The van der Waals surface area contributed by atoms with Gasteiger partial charge in [-0.25, -0.2) is 0 Å². The van der Waals surface area contributed by atoms with Gasteiger partial charge in [0, 0.05) is 44.8 Å². The lowest BCUT2D eigenvalue weighted by molar-refractivity contribution is -0.135. The van der Waals surface area contributed by atoms with Crippen molar-refractivity contribution in [3.05, 3.63) is 59.9 Å². The number of likely N-dealkylation sites (tertiary alicyclic amines) is 2. The van der Waals surface area contributed by atoms with Crippen molar-refractivity contribution in [1.82, 2.24) is 14.4 Å². The van der Waals surface area contributed by atoms with Crippen molar-refractivity contribution in [1.29, 1.82) is 0 Å². The predicted octanol–water partition coefficient (Wildman–Crippen LogP) is 3.01. The quantitative estimate of drug-likeness (QED) is 0.836. The van der Waals surface area contributed by atoms with E-state index in [2.05, 4.69) is 12.1 Å². The standard InChI is InChI=1S/C22H27N3O2/c26-21(23-12-4-5-13-23)19-10-15-24(16-11-19)22(27)20-9-6-14-25(20)17-18-7-2-1-3-8-18/h1-3,6-9,14,19H,4-5,10-13,15-17H2. The molecule has 2 saturated heterocycles. The van der Waals surface area contributed by atoms with Gasteiger partial charge in [0.15, 0.2) is 0 Å². The van der Waals surface area contributed by atoms with E-state index in [0.29, 0.717) is 25.5 Å². The first kappa shape index (κ1) is 17.8. The largest absolute Gasteiger partial charge is 0.342 e. The second-order valence-electron chi connectivity index (χ2n) is 7.61. The molecule has 5 heteroatoms. The van der Waals surface area contributed by atoms with E-state index in [1.54, 1.807) is 0 Å². The van der Waals surface area contributed by atoms with Crippen LogP contribution in [0, 0.1) is 5.92 Å². The number of aromatic nitrogens is 1. The molecule has 0 atom stereocenters. The molecule has 1 aromatic carbocycles. The Balaban J connectivity index is 1.37. The number of amides is 2. The molecular formula is C22H27N3O2. The number of piperidine rings is 1. The van der Waals surface area contributed by atoms with Crippen molar-refractivity contribution in [2.24, 2.45) is 5.92 Å². The molecule has 2 aliphatic heterocycles. The van der Waals surface area contributed by atoms with Gasteiger partial charge in [0.2, 0.25) is 5.91 Å². The molecule has 0 N–H and O–H groups in total. The smallest absolute Gasteiger partial charge is 0.270 e. The molecule has 2 aliphatic rings. The van der Waals surface area contributed by atoms with Crippen molar-refractivity contribution < 1.29 is 9.59 Å². The number of hydrogen-bond donors (Lipinski definition) is 0. The van der Waals surface area contributed by atoms with Gasteiger partial charge in [0.1, 0.15) is 5.69 Å². The van der Waals surface area contributed by atoms with Gasteiger partial charge in [-0.2, -0.15) is 0 Å². The van der Waals surface area contributed by atoms with Crippen molar-refractivity contribution >= 4 is 11.8 Å². The highest BCUT2D eigenvalue weighted by molar-refractivity contribution is 5.93. The van der Waals surface area contributed by atoms with Crippen LogP contribution in [0.3, 0.4) is 0 Å². The number of benzene rings is 1. The van der Waals surface area contributed by atoms with Gasteiger partial charge >= 0.3 is 0 Å². The highest BCUT2D eigenvalue weighted by atomic mass is 16.2. The number of hydrogen-bond acceptors (Lipinski definition) is 2. The zero-order valence-corrected chi connectivity index (χ0v) is 15.7. The number of nitrogens with zero attached hydrogens (tertiary/aromatic N) is 3. The van der Waals surface area contributed by atoms with Crippen LogP contribution in [0.25, 0.3) is 0 Å². The van der Waals surface area contributed by atoms with Crippen LogP contribution < -0.4 is 0 Å². The average molecular weight is 365 g/mol. The van der Waals surface area contributed by atoms with Gasteiger partial charge in [-0.15, -0.1) is 0 Å². The van der Waals surface area contributed by atoms with E-state index >= 15 is 0 Å². The average Bonchev–Trinajstić information content (AvgIpc) is 3.40. The Morgan fingerprint density at radius 1 is 0.852 bits per heavy atom. The highest BCUT2D eigenvalue weighted by Crippen LogP contribution is 2.23. The Morgan fingerprint density at radius 2 is 1.56 bits per heavy atom. The number of carbonyl (C=O) groups excluding carboxylic acids is 2. The summed E-state index contributed by atoms with van der Waals surface area (Å²) in [6, 6.07) is 14.0. The lowest BCUT2D eigenvalue weighted by Crippen LogP contribution is -2.44. The monoisotopic (exact) mass is 365 g/mol. The second-order valence-corrected chi connectivity index (χ2v) is 7.61. The Bertz CT molecular complexity index is 785. The maximum atomic E-state index is 13.0. The van der Waals surface area contributed by atoms with E-state index in [-0.39, 0.29) is 11.8 Å². The Kier molecular flexibility index (Phi) is 5.28. The van der Waals surface area contributed by atoms with Crippen LogP contribution in [0.2, 0.25) is 0 Å². The van der Waals surface area contributed by atoms with E-state index in [0.717, 1.165) is 44.5 Å². The third-order valence-corrected chi connectivity index (χ3v) is 5.79. The zero-order valence-electron chi connectivity index (χ0n) is 15.7. The molecule has 2 amide bonds. The van der Waals surface area contributed by atoms with E-state index in [1.807, 2.05) is 50.9 Å². The second kappa shape index (κ2) is 7.99. The molecule has 1 aromatic heterocycles. The topological polar surface area (TPSA) is 45.6 Å². The van der Waals surface area contributed by atoms with Crippen LogP contribution in [-0.2, 0) is 11.3 Å². The van der Waals surface area contributed by atoms with Gasteiger partial charge in [0.05, 0.1) is 0 Å². The Hall–Kier alpha value is -2.56. The molecular weight excluding hydrogens is 338 g/mol. The van der Waals surface area contributed by atoms with E-state index in [9.17, 15) is 9.59 Å². The fourth-order valence-electron chi connectivity index (χ4n) is 4.21. The summed E-state index contributed by atoms with van der Waals surface area (Å²) in [6.45, 7) is 3.84. The predicted molar refractivity (Wildman–Crippen MR) is 104 cm³/mol. The fourth-order valence-corrected chi connectivity index (χ4v) is 4.21. The fraction of sp³-hybridized carbons (Fsp3) is 0.455. The van der Waals surface area contributed by atoms with Gasteiger partial charge in [-0.1, -0.05) is 30.3 Å². The minimum atomic E-state index is 0.0722. The minimum absolute atomic E-state index is 0.0722. The molecule has 0 aliphatic carbocycles. The molecule has 0 radical (unpaired) electrons. The first-order valence-corrected chi connectivity index (χ1v) is 9.99. The molecule has 2 aromatic rings. The molecule has 5 nitrogen and oxygen atoms in total. The van der Waals surface area contributed by atoms with Gasteiger partial charge in [-0.05, 0) is 43.4 Å². The van der Waals surface area contributed by atoms with Crippen LogP contribution >= 0.6 is 0 Å². The van der Waals surface area contributed by atoms with Crippen LogP contribution in [0.15, 0.2) is 48.7 Å². The van der Waals surface area contributed by atoms with Crippen molar-refractivity contribution in [2.45, 2.75) is 32.2 Å². The summed E-state index contributed by atoms with van der Waals surface area (Å²) in [5, 5.41) is 0. The third-order valence-electron chi connectivity index (χ3n) is 5.79. The van der Waals surface area contributed by atoms with E-state index in [1.165, 1.54) is 5.56 Å². The molecule has 4 rings (SSSR count).